The standard InChI is InChI=1S/C20H24N4O2/c25-17-6-7-24(12-17)19-11-18(21-13-22-19)15-9-16(10-15)23-20(26)8-14-4-2-1-3-5-14/h1-5,11,13,15-17,25H,6-10,12H2,(H,23,26)/t15?,16?,17-/m0/s1. The molecule has 4 rings (SSSR count). The number of aliphatic hydroxyl groups excluding tert-OH is 1. The Bertz CT molecular complexity index is 761. The molecule has 1 amide bonds. The van der Waals surface area contributed by atoms with Gasteiger partial charge in [-0.05, 0) is 24.8 Å². The van der Waals surface area contributed by atoms with E-state index in [1.165, 1.54) is 0 Å². The smallest absolute Gasteiger partial charge is 0.224 e. The Morgan fingerprint density at radius 1 is 1.23 bits per heavy atom. The average molecular weight is 352 g/mol. The van der Waals surface area contributed by atoms with E-state index >= 15 is 0 Å². The van der Waals surface area contributed by atoms with Crippen LogP contribution in [0.25, 0.3) is 0 Å². The fraction of sp³-hybridized carbons (Fsp3) is 0.450. The third kappa shape index (κ3) is 3.85. The summed E-state index contributed by atoms with van der Waals surface area (Å²) in [4.78, 5) is 23.0. The molecule has 26 heavy (non-hydrogen) atoms. The number of aromatic nitrogens is 2. The molecule has 1 aromatic heterocycles. The van der Waals surface area contributed by atoms with Gasteiger partial charge in [-0.3, -0.25) is 4.79 Å². The number of aliphatic hydroxyl groups is 1. The van der Waals surface area contributed by atoms with Crippen LogP contribution in [-0.2, 0) is 11.2 Å². The van der Waals surface area contributed by atoms with Gasteiger partial charge in [-0.15, -0.1) is 0 Å². The second-order valence-corrected chi connectivity index (χ2v) is 7.28. The molecule has 2 heterocycles. The number of hydrogen-bond donors (Lipinski definition) is 2. The number of nitrogens with one attached hydrogen (secondary N) is 1. The summed E-state index contributed by atoms with van der Waals surface area (Å²) in [7, 11) is 0. The van der Waals surface area contributed by atoms with Crippen LogP contribution in [0.2, 0.25) is 0 Å². The van der Waals surface area contributed by atoms with E-state index in [2.05, 4.69) is 20.2 Å². The SMILES string of the molecule is O=C(Cc1ccccc1)NC1CC(c2cc(N3CC[C@H](O)C3)ncn2)C1. The van der Waals surface area contributed by atoms with E-state index in [-0.39, 0.29) is 18.1 Å². The average Bonchev–Trinajstić information content (AvgIpc) is 3.05. The first-order valence-electron chi connectivity index (χ1n) is 9.25. The molecule has 2 aliphatic rings. The lowest BCUT2D eigenvalue weighted by molar-refractivity contribution is -0.121. The fourth-order valence-corrected chi connectivity index (χ4v) is 3.74. The Labute approximate surface area is 153 Å². The molecule has 1 saturated heterocycles. The van der Waals surface area contributed by atoms with Gasteiger partial charge in [-0.2, -0.15) is 0 Å². The van der Waals surface area contributed by atoms with Crippen molar-refractivity contribution in [3.05, 3.63) is 54.0 Å². The van der Waals surface area contributed by atoms with Crippen molar-refractivity contribution < 1.29 is 9.90 Å². The zero-order chi connectivity index (χ0) is 17.9. The topological polar surface area (TPSA) is 78.4 Å². The molecule has 136 valence electrons. The second-order valence-electron chi connectivity index (χ2n) is 7.28. The van der Waals surface area contributed by atoms with Crippen molar-refractivity contribution in [3.8, 4) is 0 Å². The third-order valence-corrected chi connectivity index (χ3v) is 5.29. The van der Waals surface area contributed by atoms with Crippen LogP contribution in [0, 0.1) is 0 Å². The van der Waals surface area contributed by atoms with E-state index in [0.717, 1.165) is 42.9 Å². The number of β-amino-alcohol motifs (C(OH)–C–C–N with tert-alkyl or cyclic N) is 1. The molecule has 6 heteroatoms. The quantitative estimate of drug-likeness (QED) is 0.856. The Hall–Kier alpha value is -2.47. The molecular formula is C20H24N4O2. The second kappa shape index (κ2) is 7.41. The molecule has 1 atom stereocenters. The van der Waals surface area contributed by atoms with Crippen LogP contribution < -0.4 is 10.2 Å². The molecule has 1 aliphatic heterocycles. The molecule has 0 radical (unpaired) electrons. The van der Waals surface area contributed by atoms with Gasteiger partial charge in [0.25, 0.3) is 0 Å². The molecule has 2 fully saturated rings. The molecule has 0 bridgehead atoms. The summed E-state index contributed by atoms with van der Waals surface area (Å²) in [5.74, 6) is 1.34. The van der Waals surface area contributed by atoms with Gasteiger partial charge in [0.05, 0.1) is 12.5 Å². The molecule has 1 aromatic carbocycles. The third-order valence-electron chi connectivity index (χ3n) is 5.29. The normalized spacial score (nSPS) is 25.0. The first kappa shape index (κ1) is 17.0. The predicted molar refractivity (Wildman–Crippen MR) is 98.9 cm³/mol. The minimum absolute atomic E-state index is 0.0779. The summed E-state index contributed by atoms with van der Waals surface area (Å²) >= 11 is 0. The van der Waals surface area contributed by atoms with Gasteiger partial charge < -0.3 is 15.3 Å². The van der Waals surface area contributed by atoms with Gasteiger partial charge in [0.1, 0.15) is 12.1 Å². The van der Waals surface area contributed by atoms with Gasteiger partial charge in [0.15, 0.2) is 0 Å². The maximum atomic E-state index is 12.2. The van der Waals surface area contributed by atoms with Crippen LogP contribution in [0.5, 0.6) is 0 Å². The number of amides is 1. The zero-order valence-electron chi connectivity index (χ0n) is 14.7. The monoisotopic (exact) mass is 352 g/mol. The van der Waals surface area contributed by atoms with E-state index in [9.17, 15) is 9.90 Å². The van der Waals surface area contributed by atoms with Crippen LogP contribution in [-0.4, -0.2) is 46.2 Å². The first-order valence-corrected chi connectivity index (χ1v) is 9.25. The van der Waals surface area contributed by atoms with E-state index in [1.54, 1.807) is 6.33 Å². The lowest BCUT2D eigenvalue weighted by Crippen LogP contribution is -2.44. The number of nitrogens with zero attached hydrogens (tertiary/aromatic N) is 3. The molecular weight excluding hydrogens is 328 g/mol. The Morgan fingerprint density at radius 3 is 2.77 bits per heavy atom. The summed E-state index contributed by atoms with van der Waals surface area (Å²) in [5, 5.41) is 12.8. The van der Waals surface area contributed by atoms with E-state index in [1.807, 2.05) is 36.4 Å². The van der Waals surface area contributed by atoms with Crippen LogP contribution in [0.3, 0.4) is 0 Å². The molecule has 0 spiro atoms. The number of hydrogen-bond acceptors (Lipinski definition) is 5. The van der Waals surface area contributed by atoms with Crippen LogP contribution in [0.4, 0.5) is 5.82 Å². The van der Waals surface area contributed by atoms with Crippen molar-refractivity contribution >= 4 is 11.7 Å². The van der Waals surface area contributed by atoms with Crippen LogP contribution in [0.15, 0.2) is 42.7 Å². The summed E-state index contributed by atoms with van der Waals surface area (Å²) < 4.78 is 0. The van der Waals surface area contributed by atoms with Crippen LogP contribution >= 0.6 is 0 Å². The van der Waals surface area contributed by atoms with Crippen molar-refractivity contribution in [1.29, 1.82) is 0 Å². The van der Waals surface area contributed by atoms with Gasteiger partial charge in [0.2, 0.25) is 5.91 Å². The minimum atomic E-state index is -0.263. The molecule has 1 saturated carbocycles. The highest BCUT2D eigenvalue weighted by Gasteiger charge is 2.33. The Morgan fingerprint density at radius 2 is 2.04 bits per heavy atom. The Balaban J connectivity index is 1.29. The lowest BCUT2D eigenvalue weighted by atomic mass is 9.78. The Kier molecular flexibility index (Phi) is 4.84. The molecule has 1 aliphatic carbocycles. The highest BCUT2D eigenvalue weighted by molar-refractivity contribution is 5.79. The maximum Gasteiger partial charge on any atom is 0.224 e. The number of carbonyl (C=O) groups excluding carboxylic acids is 1. The van der Waals surface area contributed by atoms with Crippen molar-refractivity contribution in [2.24, 2.45) is 0 Å². The summed E-state index contributed by atoms with van der Waals surface area (Å²) in [6, 6.07) is 12.1. The largest absolute Gasteiger partial charge is 0.391 e. The fourth-order valence-electron chi connectivity index (χ4n) is 3.74. The van der Waals surface area contributed by atoms with E-state index < -0.39 is 0 Å². The molecule has 0 unspecified atom stereocenters. The van der Waals surface area contributed by atoms with Gasteiger partial charge >= 0.3 is 0 Å². The maximum absolute atomic E-state index is 12.2. The highest BCUT2D eigenvalue weighted by atomic mass is 16.3. The summed E-state index contributed by atoms with van der Waals surface area (Å²) in [6.07, 6.45) is 4.40. The number of anilines is 1. The molecule has 2 N–H and O–H groups in total. The lowest BCUT2D eigenvalue weighted by Gasteiger charge is -2.35. The minimum Gasteiger partial charge on any atom is -0.391 e. The van der Waals surface area contributed by atoms with E-state index in [0.29, 0.717) is 18.9 Å². The van der Waals surface area contributed by atoms with Gasteiger partial charge in [-0.25, -0.2) is 9.97 Å². The summed E-state index contributed by atoms with van der Waals surface area (Å²) in [5.41, 5.74) is 2.07. The van der Waals surface area contributed by atoms with Crippen molar-refractivity contribution in [1.82, 2.24) is 15.3 Å². The van der Waals surface area contributed by atoms with Crippen molar-refractivity contribution in [2.75, 3.05) is 18.0 Å². The summed E-state index contributed by atoms with van der Waals surface area (Å²) in [6.45, 7) is 1.47. The van der Waals surface area contributed by atoms with Crippen molar-refractivity contribution in [2.45, 2.75) is 43.7 Å². The number of rotatable bonds is 5. The van der Waals surface area contributed by atoms with E-state index in [4.69, 9.17) is 0 Å². The molecule has 2 aromatic rings. The number of carbonyl (C=O) groups is 1. The van der Waals surface area contributed by atoms with Gasteiger partial charge in [0, 0.05) is 36.8 Å². The van der Waals surface area contributed by atoms with Crippen LogP contribution in [0.1, 0.15) is 36.4 Å². The first-order chi connectivity index (χ1) is 12.7. The highest BCUT2D eigenvalue weighted by Crippen LogP contribution is 2.36. The van der Waals surface area contributed by atoms with Gasteiger partial charge in [-0.1, -0.05) is 30.3 Å². The van der Waals surface area contributed by atoms with Crippen molar-refractivity contribution in [3.63, 3.8) is 0 Å². The number of benzene rings is 1. The predicted octanol–water partition coefficient (Wildman–Crippen LogP) is 1.65. The zero-order valence-corrected chi connectivity index (χ0v) is 14.7. The molecule has 6 nitrogen and oxygen atoms in total.